The Hall–Kier alpha value is -3.03. The summed E-state index contributed by atoms with van der Waals surface area (Å²) in [6.07, 6.45) is 6.72. The van der Waals surface area contributed by atoms with Crippen molar-refractivity contribution in [1.29, 1.82) is 0 Å². The van der Waals surface area contributed by atoms with E-state index < -0.39 is 18.0 Å². The molecule has 0 radical (unpaired) electrons. The predicted molar refractivity (Wildman–Crippen MR) is 112 cm³/mol. The van der Waals surface area contributed by atoms with Crippen molar-refractivity contribution < 1.29 is 28.6 Å². The molecule has 2 rings (SSSR count). The Bertz CT molecular complexity index is 768. The number of methoxy groups -OCH3 is 2. The number of carbonyl (C=O) groups is 3. The minimum Gasteiger partial charge on any atom is -0.497 e. The quantitative estimate of drug-likeness (QED) is 0.447. The molecule has 0 bridgehead atoms. The van der Waals surface area contributed by atoms with Gasteiger partial charge in [-0.25, -0.2) is 0 Å². The summed E-state index contributed by atoms with van der Waals surface area (Å²) in [7, 11) is 2.96. The number of ether oxygens (including phenoxy) is 3. The highest BCUT2D eigenvalue weighted by atomic mass is 16.5. The SMILES string of the molecule is COc1cc(OC)cc(C(=O)NCC(=O)O[C@@H](C)C(=O)NCCC2=CCCCC2)c1. The fraction of sp³-hybridized carbons (Fsp3) is 0.500. The fourth-order valence-corrected chi connectivity index (χ4v) is 3.11. The first-order chi connectivity index (χ1) is 14.4. The summed E-state index contributed by atoms with van der Waals surface area (Å²) in [5.74, 6) is -0.630. The van der Waals surface area contributed by atoms with Crippen LogP contribution in [0.5, 0.6) is 11.5 Å². The number of benzene rings is 1. The highest BCUT2D eigenvalue weighted by molar-refractivity contribution is 5.96. The molecule has 2 N–H and O–H groups in total. The van der Waals surface area contributed by atoms with E-state index in [1.54, 1.807) is 6.07 Å². The van der Waals surface area contributed by atoms with Crippen LogP contribution in [0.2, 0.25) is 0 Å². The Balaban J connectivity index is 1.74. The zero-order chi connectivity index (χ0) is 21.9. The minimum absolute atomic E-state index is 0.279. The van der Waals surface area contributed by atoms with E-state index in [9.17, 15) is 14.4 Å². The van der Waals surface area contributed by atoms with Crippen molar-refractivity contribution in [2.45, 2.75) is 45.1 Å². The zero-order valence-electron chi connectivity index (χ0n) is 17.8. The zero-order valence-corrected chi connectivity index (χ0v) is 17.8. The van der Waals surface area contributed by atoms with Crippen LogP contribution in [0.1, 0.15) is 49.4 Å². The van der Waals surface area contributed by atoms with Crippen LogP contribution in [0.25, 0.3) is 0 Å². The molecule has 1 aliphatic rings. The lowest BCUT2D eigenvalue weighted by Crippen LogP contribution is -2.39. The number of allylic oxidation sites excluding steroid dienone is 1. The molecule has 1 aromatic carbocycles. The Morgan fingerprint density at radius 1 is 1.03 bits per heavy atom. The summed E-state index contributed by atoms with van der Waals surface area (Å²) in [6, 6.07) is 4.69. The van der Waals surface area contributed by atoms with E-state index in [1.165, 1.54) is 51.7 Å². The molecule has 0 fully saturated rings. The van der Waals surface area contributed by atoms with Gasteiger partial charge in [0.25, 0.3) is 11.8 Å². The molecule has 0 aliphatic heterocycles. The molecule has 0 unspecified atom stereocenters. The van der Waals surface area contributed by atoms with E-state index in [0.717, 1.165) is 19.3 Å². The standard InChI is InChI=1S/C22H30N2O6/c1-15(21(26)23-10-9-16-7-5-4-6-8-16)30-20(25)14-24-22(27)17-11-18(28-2)13-19(12-17)29-3/h7,11-13,15H,4-6,8-10,14H2,1-3H3,(H,23,26)(H,24,27)/t15-/m0/s1. The molecule has 164 valence electrons. The Labute approximate surface area is 176 Å². The third-order valence-electron chi connectivity index (χ3n) is 4.81. The van der Waals surface area contributed by atoms with Gasteiger partial charge in [0, 0.05) is 18.2 Å². The van der Waals surface area contributed by atoms with E-state index in [2.05, 4.69) is 16.7 Å². The molecular weight excluding hydrogens is 388 g/mol. The van der Waals surface area contributed by atoms with Gasteiger partial charge >= 0.3 is 5.97 Å². The minimum atomic E-state index is -0.938. The topological polar surface area (TPSA) is 103 Å². The Morgan fingerprint density at radius 3 is 2.33 bits per heavy atom. The van der Waals surface area contributed by atoms with Crippen molar-refractivity contribution in [3.63, 3.8) is 0 Å². The van der Waals surface area contributed by atoms with Crippen LogP contribution in [-0.4, -0.2) is 51.2 Å². The van der Waals surface area contributed by atoms with Gasteiger partial charge in [-0.05, 0) is 51.2 Å². The van der Waals surface area contributed by atoms with Crippen molar-refractivity contribution >= 4 is 17.8 Å². The van der Waals surface area contributed by atoms with Gasteiger partial charge in [-0.15, -0.1) is 0 Å². The summed E-state index contributed by atoms with van der Waals surface area (Å²) >= 11 is 0. The maximum absolute atomic E-state index is 12.3. The summed E-state index contributed by atoms with van der Waals surface area (Å²) < 4.78 is 15.3. The molecule has 0 heterocycles. The molecule has 0 aromatic heterocycles. The van der Waals surface area contributed by atoms with Crippen LogP contribution in [0.15, 0.2) is 29.8 Å². The van der Waals surface area contributed by atoms with Gasteiger partial charge in [0.05, 0.1) is 14.2 Å². The summed E-state index contributed by atoms with van der Waals surface area (Å²) in [6.45, 7) is 1.66. The third-order valence-corrected chi connectivity index (χ3v) is 4.81. The van der Waals surface area contributed by atoms with Gasteiger partial charge in [0.15, 0.2) is 6.10 Å². The second kappa shape index (κ2) is 11.8. The number of carbonyl (C=O) groups excluding carboxylic acids is 3. The van der Waals surface area contributed by atoms with E-state index in [1.807, 2.05) is 0 Å². The highest BCUT2D eigenvalue weighted by Crippen LogP contribution is 2.22. The lowest BCUT2D eigenvalue weighted by atomic mass is 9.97. The van der Waals surface area contributed by atoms with Gasteiger partial charge in [0.1, 0.15) is 18.0 Å². The highest BCUT2D eigenvalue weighted by Gasteiger charge is 2.18. The van der Waals surface area contributed by atoms with Crippen molar-refractivity contribution in [3.05, 3.63) is 35.4 Å². The first-order valence-electron chi connectivity index (χ1n) is 10.1. The largest absolute Gasteiger partial charge is 0.497 e. The Kier molecular flexibility index (Phi) is 9.18. The number of nitrogens with one attached hydrogen (secondary N) is 2. The average molecular weight is 418 g/mol. The normalized spacial score (nSPS) is 14.2. The van der Waals surface area contributed by atoms with Crippen LogP contribution in [0, 0.1) is 0 Å². The van der Waals surface area contributed by atoms with E-state index in [0.29, 0.717) is 18.0 Å². The number of hydrogen-bond donors (Lipinski definition) is 2. The number of rotatable bonds is 10. The van der Waals surface area contributed by atoms with Gasteiger partial charge in [0.2, 0.25) is 0 Å². The first kappa shape index (κ1) is 23.3. The van der Waals surface area contributed by atoms with Crippen molar-refractivity contribution in [2.75, 3.05) is 27.3 Å². The van der Waals surface area contributed by atoms with Crippen LogP contribution < -0.4 is 20.1 Å². The summed E-state index contributed by atoms with van der Waals surface area (Å²) in [5, 5.41) is 5.25. The molecule has 1 atom stereocenters. The second-order valence-electron chi connectivity index (χ2n) is 7.07. The lowest BCUT2D eigenvalue weighted by molar-refractivity contribution is -0.153. The maximum Gasteiger partial charge on any atom is 0.326 e. The maximum atomic E-state index is 12.3. The summed E-state index contributed by atoms with van der Waals surface area (Å²) in [5.41, 5.74) is 1.64. The lowest BCUT2D eigenvalue weighted by Gasteiger charge is -2.16. The first-order valence-corrected chi connectivity index (χ1v) is 10.1. The smallest absolute Gasteiger partial charge is 0.326 e. The second-order valence-corrected chi connectivity index (χ2v) is 7.07. The predicted octanol–water partition coefficient (Wildman–Crippen LogP) is 2.37. The molecule has 1 aliphatic carbocycles. The fourth-order valence-electron chi connectivity index (χ4n) is 3.11. The molecule has 8 heteroatoms. The number of hydrogen-bond acceptors (Lipinski definition) is 6. The van der Waals surface area contributed by atoms with Crippen molar-refractivity contribution in [2.24, 2.45) is 0 Å². The van der Waals surface area contributed by atoms with Crippen LogP contribution >= 0.6 is 0 Å². The summed E-state index contributed by atoms with van der Waals surface area (Å²) in [4.78, 5) is 36.4. The number of amides is 2. The molecule has 30 heavy (non-hydrogen) atoms. The molecule has 0 spiro atoms. The van der Waals surface area contributed by atoms with E-state index >= 15 is 0 Å². The Morgan fingerprint density at radius 2 is 1.73 bits per heavy atom. The molecule has 0 saturated carbocycles. The van der Waals surface area contributed by atoms with Crippen LogP contribution in [-0.2, 0) is 14.3 Å². The molecule has 1 aromatic rings. The van der Waals surface area contributed by atoms with E-state index in [-0.39, 0.29) is 18.0 Å². The molecule has 0 saturated heterocycles. The average Bonchev–Trinajstić information content (AvgIpc) is 2.77. The molecular formula is C22H30N2O6. The van der Waals surface area contributed by atoms with E-state index in [4.69, 9.17) is 14.2 Å². The molecule has 8 nitrogen and oxygen atoms in total. The van der Waals surface area contributed by atoms with Crippen molar-refractivity contribution in [3.8, 4) is 11.5 Å². The molecule has 2 amide bonds. The van der Waals surface area contributed by atoms with Crippen molar-refractivity contribution in [1.82, 2.24) is 10.6 Å². The van der Waals surface area contributed by atoms with Gasteiger partial charge in [-0.2, -0.15) is 0 Å². The van der Waals surface area contributed by atoms with Gasteiger partial charge < -0.3 is 24.8 Å². The number of esters is 1. The van der Waals surface area contributed by atoms with Crippen LogP contribution in [0.3, 0.4) is 0 Å². The van der Waals surface area contributed by atoms with Gasteiger partial charge in [-0.1, -0.05) is 11.6 Å². The monoisotopic (exact) mass is 418 g/mol. The third kappa shape index (κ3) is 7.42. The van der Waals surface area contributed by atoms with Crippen LogP contribution in [0.4, 0.5) is 0 Å². The van der Waals surface area contributed by atoms with Gasteiger partial charge in [-0.3, -0.25) is 14.4 Å².